The number of carbonyl (C=O) groups excluding carboxylic acids is 2. The Morgan fingerprint density at radius 2 is 1.78 bits per heavy atom. The van der Waals surface area contributed by atoms with Gasteiger partial charge in [-0.3, -0.25) is 9.59 Å². The third-order valence-electron chi connectivity index (χ3n) is 5.65. The van der Waals surface area contributed by atoms with Crippen LogP contribution in [-0.4, -0.2) is 65.5 Å². The van der Waals surface area contributed by atoms with Crippen molar-refractivity contribution < 1.29 is 14.3 Å². The second kappa shape index (κ2) is 7.72. The van der Waals surface area contributed by atoms with Crippen LogP contribution in [0.4, 0.5) is 0 Å². The molecule has 0 saturated carbocycles. The summed E-state index contributed by atoms with van der Waals surface area (Å²) in [6.45, 7) is 4.77. The monoisotopic (exact) mass is 369 g/mol. The van der Waals surface area contributed by atoms with E-state index in [1.807, 2.05) is 36.1 Å². The number of benzene rings is 1. The molecule has 2 fully saturated rings. The van der Waals surface area contributed by atoms with Crippen LogP contribution in [0.3, 0.4) is 0 Å². The molecule has 1 atom stereocenters. The molecule has 4 rings (SSSR count). The summed E-state index contributed by atoms with van der Waals surface area (Å²) in [6.07, 6.45) is 3.91. The van der Waals surface area contributed by atoms with Gasteiger partial charge in [0.1, 0.15) is 0 Å². The van der Waals surface area contributed by atoms with Crippen LogP contribution in [0.1, 0.15) is 41.7 Å². The van der Waals surface area contributed by atoms with E-state index in [0.717, 1.165) is 42.5 Å². The predicted molar refractivity (Wildman–Crippen MR) is 104 cm³/mol. The number of rotatable bonds is 2. The number of likely N-dealkylation sites (tertiary alicyclic amines) is 1. The molecule has 0 bridgehead atoms. The molecule has 6 nitrogen and oxygen atoms in total. The Kier molecular flexibility index (Phi) is 5.16. The number of fused-ring (bicyclic) bond motifs is 1. The lowest BCUT2D eigenvalue weighted by Crippen LogP contribution is -2.52. The van der Waals surface area contributed by atoms with Gasteiger partial charge in [0, 0.05) is 36.2 Å². The van der Waals surface area contributed by atoms with Crippen LogP contribution in [0.15, 0.2) is 24.3 Å². The zero-order valence-corrected chi connectivity index (χ0v) is 15.9. The molecule has 6 heteroatoms. The van der Waals surface area contributed by atoms with Gasteiger partial charge in [0.15, 0.2) is 6.10 Å². The van der Waals surface area contributed by atoms with Crippen LogP contribution in [-0.2, 0) is 9.53 Å². The minimum atomic E-state index is -0.550. The first kappa shape index (κ1) is 18.0. The SMILES string of the molecule is Cc1[nH]c2ccccc2c1C(=O)N1CCOC(C(=O)N2CCCCCC2)C1. The summed E-state index contributed by atoms with van der Waals surface area (Å²) < 4.78 is 5.76. The zero-order chi connectivity index (χ0) is 18.8. The molecule has 3 heterocycles. The summed E-state index contributed by atoms with van der Waals surface area (Å²) in [7, 11) is 0. The lowest BCUT2D eigenvalue weighted by atomic mass is 10.1. The number of aromatic nitrogens is 1. The van der Waals surface area contributed by atoms with Crippen LogP contribution in [0.5, 0.6) is 0 Å². The summed E-state index contributed by atoms with van der Waals surface area (Å²) >= 11 is 0. The fourth-order valence-electron chi connectivity index (χ4n) is 4.19. The highest BCUT2D eigenvalue weighted by Crippen LogP contribution is 2.24. The molecule has 0 aliphatic carbocycles. The molecule has 1 aromatic heterocycles. The number of ether oxygens (including phenoxy) is 1. The second-order valence-corrected chi connectivity index (χ2v) is 7.52. The number of nitrogens with zero attached hydrogens (tertiary/aromatic N) is 2. The first-order chi connectivity index (χ1) is 13.1. The standard InChI is InChI=1S/C21H27N3O3/c1-15-19(16-8-4-5-9-17(16)22-15)21(26)24-12-13-27-18(14-24)20(25)23-10-6-2-3-7-11-23/h4-5,8-9,18,22H,2-3,6-7,10-14H2,1H3. The van der Waals surface area contributed by atoms with Gasteiger partial charge in [0.05, 0.1) is 18.7 Å². The maximum absolute atomic E-state index is 13.2. The summed E-state index contributed by atoms with van der Waals surface area (Å²) in [5.74, 6) is 0.00645. The van der Waals surface area contributed by atoms with Crippen molar-refractivity contribution in [3.8, 4) is 0 Å². The van der Waals surface area contributed by atoms with Crippen molar-refractivity contribution in [1.82, 2.24) is 14.8 Å². The van der Waals surface area contributed by atoms with E-state index in [-0.39, 0.29) is 11.8 Å². The van der Waals surface area contributed by atoms with Crippen molar-refractivity contribution in [3.05, 3.63) is 35.5 Å². The third-order valence-corrected chi connectivity index (χ3v) is 5.65. The molecule has 0 spiro atoms. The average molecular weight is 369 g/mol. The van der Waals surface area contributed by atoms with E-state index in [2.05, 4.69) is 4.98 Å². The van der Waals surface area contributed by atoms with E-state index < -0.39 is 6.10 Å². The van der Waals surface area contributed by atoms with Crippen LogP contribution in [0.25, 0.3) is 10.9 Å². The molecule has 2 amide bonds. The average Bonchev–Trinajstić information content (AvgIpc) is 2.86. The van der Waals surface area contributed by atoms with Crippen molar-refractivity contribution in [3.63, 3.8) is 0 Å². The van der Waals surface area contributed by atoms with E-state index in [1.54, 1.807) is 4.90 Å². The largest absolute Gasteiger partial charge is 0.365 e. The number of nitrogens with one attached hydrogen (secondary N) is 1. The maximum Gasteiger partial charge on any atom is 0.256 e. The lowest BCUT2D eigenvalue weighted by Gasteiger charge is -2.35. The number of hydrogen-bond acceptors (Lipinski definition) is 3. The van der Waals surface area contributed by atoms with Gasteiger partial charge < -0.3 is 19.5 Å². The number of carbonyl (C=O) groups is 2. The Bertz CT molecular complexity index is 836. The Hall–Kier alpha value is -2.34. The summed E-state index contributed by atoms with van der Waals surface area (Å²) in [5, 5.41) is 0.932. The highest BCUT2D eigenvalue weighted by atomic mass is 16.5. The fraction of sp³-hybridized carbons (Fsp3) is 0.524. The van der Waals surface area contributed by atoms with Gasteiger partial charge in [0.25, 0.3) is 11.8 Å². The number of para-hydroxylation sites is 1. The van der Waals surface area contributed by atoms with E-state index >= 15 is 0 Å². The number of amides is 2. The molecule has 0 radical (unpaired) electrons. The summed E-state index contributed by atoms with van der Waals surface area (Å²) in [5.41, 5.74) is 2.53. The van der Waals surface area contributed by atoms with Crippen molar-refractivity contribution in [2.45, 2.75) is 38.7 Å². The van der Waals surface area contributed by atoms with Crippen LogP contribution >= 0.6 is 0 Å². The molecule has 2 aromatic rings. The molecule has 144 valence electrons. The molecule has 1 aromatic carbocycles. The Morgan fingerprint density at radius 1 is 1.04 bits per heavy atom. The zero-order valence-electron chi connectivity index (χ0n) is 15.9. The highest BCUT2D eigenvalue weighted by Gasteiger charge is 2.33. The first-order valence-corrected chi connectivity index (χ1v) is 9.92. The number of aromatic amines is 1. The number of hydrogen-bond donors (Lipinski definition) is 1. The molecule has 2 aliphatic heterocycles. The number of aryl methyl sites for hydroxylation is 1. The fourth-order valence-corrected chi connectivity index (χ4v) is 4.19. The normalized spacial score (nSPS) is 21.3. The number of H-pyrrole nitrogens is 1. The minimum Gasteiger partial charge on any atom is -0.365 e. The van der Waals surface area contributed by atoms with Gasteiger partial charge in [-0.2, -0.15) is 0 Å². The van der Waals surface area contributed by atoms with Gasteiger partial charge in [-0.1, -0.05) is 31.0 Å². The Labute approximate surface area is 159 Å². The van der Waals surface area contributed by atoms with Crippen LogP contribution in [0.2, 0.25) is 0 Å². The maximum atomic E-state index is 13.2. The quantitative estimate of drug-likeness (QED) is 0.885. The molecule has 27 heavy (non-hydrogen) atoms. The van der Waals surface area contributed by atoms with Crippen LogP contribution in [0, 0.1) is 6.92 Å². The van der Waals surface area contributed by atoms with Crippen molar-refractivity contribution in [2.24, 2.45) is 0 Å². The predicted octanol–water partition coefficient (Wildman–Crippen LogP) is 2.72. The van der Waals surface area contributed by atoms with Gasteiger partial charge in [-0.15, -0.1) is 0 Å². The third kappa shape index (κ3) is 3.58. The summed E-state index contributed by atoms with van der Waals surface area (Å²) in [6, 6.07) is 7.84. The molecule has 2 saturated heterocycles. The number of morpholine rings is 1. The van der Waals surface area contributed by atoms with Gasteiger partial charge in [-0.05, 0) is 25.8 Å². The minimum absolute atomic E-state index is 0.0260. The van der Waals surface area contributed by atoms with Gasteiger partial charge >= 0.3 is 0 Å². The molecule has 1 N–H and O–H groups in total. The Balaban J connectivity index is 1.51. The lowest BCUT2D eigenvalue weighted by molar-refractivity contribution is -0.148. The second-order valence-electron chi connectivity index (χ2n) is 7.52. The van der Waals surface area contributed by atoms with E-state index in [0.29, 0.717) is 25.3 Å². The summed E-state index contributed by atoms with van der Waals surface area (Å²) in [4.78, 5) is 33.1. The Morgan fingerprint density at radius 3 is 2.56 bits per heavy atom. The van der Waals surface area contributed by atoms with E-state index in [9.17, 15) is 9.59 Å². The molecule has 1 unspecified atom stereocenters. The molecule has 2 aliphatic rings. The van der Waals surface area contributed by atoms with Gasteiger partial charge in [0.2, 0.25) is 0 Å². The van der Waals surface area contributed by atoms with E-state index in [4.69, 9.17) is 4.74 Å². The highest BCUT2D eigenvalue weighted by molar-refractivity contribution is 6.08. The van der Waals surface area contributed by atoms with Crippen molar-refractivity contribution in [1.29, 1.82) is 0 Å². The van der Waals surface area contributed by atoms with Crippen molar-refractivity contribution >= 4 is 22.7 Å². The van der Waals surface area contributed by atoms with Crippen LogP contribution < -0.4 is 0 Å². The molecular weight excluding hydrogens is 342 g/mol. The van der Waals surface area contributed by atoms with Gasteiger partial charge in [-0.25, -0.2) is 0 Å². The van der Waals surface area contributed by atoms with Crippen molar-refractivity contribution in [2.75, 3.05) is 32.8 Å². The molecular formula is C21H27N3O3. The van der Waals surface area contributed by atoms with E-state index in [1.165, 1.54) is 12.8 Å². The first-order valence-electron chi connectivity index (χ1n) is 9.92. The smallest absolute Gasteiger partial charge is 0.256 e. The topological polar surface area (TPSA) is 65.6 Å².